The fourth-order valence-electron chi connectivity index (χ4n) is 1.74. The third-order valence-electron chi connectivity index (χ3n) is 3.03. The summed E-state index contributed by atoms with van der Waals surface area (Å²) in [5.74, 6) is -2.03. The second-order valence-electron chi connectivity index (χ2n) is 4.88. The molecule has 0 saturated carbocycles. The second-order valence-corrected chi connectivity index (χ2v) is 4.88. The molecule has 1 heterocycles. The molecule has 0 bridgehead atoms. The van der Waals surface area contributed by atoms with Crippen molar-refractivity contribution in [1.29, 1.82) is 0 Å². The number of nitrogens with zero attached hydrogens (tertiary/aromatic N) is 1. The van der Waals surface area contributed by atoms with E-state index in [1.807, 2.05) is 6.07 Å². The number of carboxylic acid groups (broad SMARTS) is 1. The van der Waals surface area contributed by atoms with Crippen LogP contribution in [0.25, 0.3) is 10.9 Å². The van der Waals surface area contributed by atoms with Crippen LogP contribution in [0.5, 0.6) is 0 Å². The smallest absolute Gasteiger partial charge is 0.337 e. The van der Waals surface area contributed by atoms with Crippen LogP contribution in [0.2, 0.25) is 0 Å². The highest BCUT2D eigenvalue weighted by molar-refractivity contribution is 5.99. The van der Waals surface area contributed by atoms with Gasteiger partial charge in [-0.2, -0.15) is 0 Å². The number of para-hydroxylation sites is 1. The summed E-state index contributed by atoms with van der Waals surface area (Å²) in [6.07, 6.45) is 0. The van der Waals surface area contributed by atoms with Crippen LogP contribution < -0.4 is 11.1 Å². The monoisotopic (exact) mass is 289 g/mol. The van der Waals surface area contributed by atoms with E-state index in [9.17, 15) is 14.7 Å². The van der Waals surface area contributed by atoms with Gasteiger partial charge in [0.15, 0.2) is 5.60 Å². The van der Waals surface area contributed by atoms with Crippen molar-refractivity contribution in [3.8, 4) is 0 Å². The zero-order chi connectivity index (χ0) is 15.6. The van der Waals surface area contributed by atoms with Crippen molar-refractivity contribution in [1.82, 2.24) is 10.3 Å². The quantitative estimate of drug-likeness (QED) is 0.645. The maximum atomic E-state index is 12.0. The minimum absolute atomic E-state index is 0.0624. The molecule has 21 heavy (non-hydrogen) atoms. The zero-order valence-corrected chi connectivity index (χ0v) is 11.3. The third-order valence-corrected chi connectivity index (χ3v) is 3.03. The van der Waals surface area contributed by atoms with Gasteiger partial charge < -0.3 is 21.3 Å². The fraction of sp³-hybridized carbons (Fsp3) is 0.214. The van der Waals surface area contributed by atoms with Gasteiger partial charge in [0.1, 0.15) is 5.69 Å². The second kappa shape index (κ2) is 5.37. The molecule has 1 unspecified atom stereocenters. The third kappa shape index (κ3) is 3.09. The molecule has 2 aromatic rings. The molecule has 0 aliphatic rings. The number of rotatable bonds is 4. The van der Waals surface area contributed by atoms with Gasteiger partial charge in [0.05, 0.1) is 12.1 Å². The molecule has 0 spiro atoms. The van der Waals surface area contributed by atoms with Gasteiger partial charge in [0.25, 0.3) is 5.91 Å². The van der Waals surface area contributed by atoms with E-state index in [1.165, 1.54) is 6.07 Å². The van der Waals surface area contributed by atoms with Crippen molar-refractivity contribution in [2.45, 2.75) is 12.5 Å². The molecule has 0 aliphatic carbocycles. The van der Waals surface area contributed by atoms with E-state index in [-0.39, 0.29) is 5.69 Å². The normalized spacial score (nSPS) is 13.6. The summed E-state index contributed by atoms with van der Waals surface area (Å²) in [6.45, 7) is 0.660. The van der Waals surface area contributed by atoms with Crippen molar-refractivity contribution in [2.75, 3.05) is 12.3 Å². The number of benzene rings is 1. The molecule has 1 aromatic heterocycles. The molecular weight excluding hydrogens is 274 g/mol. The van der Waals surface area contributed by atoms with Crippen molar-refractivity contribution in [3.63, 3.8) is 0 Å². The van der Waals surface area contributed by atoms with Crippen LogP contribution in [0.4, 0.5) is 5.69 Å². The van der Waals surface area contributed by atoms with Gasteiger partial charge in [0, 0.05) is 11.1 Å². The summed E-state index contributed by atoms with van der Waals surface area (Å²) in [4.78, 5) is 26.9. The van der Waals surface area contributed by atoms with E-state index in [4.69, 9.17) is 10.8 Å². The fourth-order valence-corrected chi connectivity index (χ4v) is 1.74. The zero-order valence-electron chi connectivity index (χ0n) is 11.3. The molecule has 1 atom stereocenters. The van der Waals surface area contributed by atoms with Crippen LogP contribution >= 0.6 is 0 Å². The van der Waals surface area contributed by atoms with E-state index >= 15 is 0 Å². The minimum Gasteiger partial charge on any atom is -0.479 e. The first-order valence-electron chi connectivity index (χ1n) is 6.20. The Morgan fingerprint density at radius 2 is 2.05 bits per heavy atom. The maximum Gasteiger partial charge on any atom is 0.337 e. The Morgan fingerprint density at radius 3 is 2.71 bits per heavy atom. The minimum atomic E-state index is -2.04. The molecule has 110 valence electrons. The van der Waals surface area contributed by atoms with Gasteiger partial charge in [0.2, 0.25) is 0 Å². The lowest BCUT2D eigenvalue weighted by atomic mass is 10.1. The number of carbonyl (C=O) groups excluding carboxylic acids is 1. The number of nitrogens with two attached hydrogens (primary N) is 1. The Kier molecular flexibility index (Phi) is 3.77. The van der Waals surface area contributed by atoms with Gasteiger partial charge in [-0.15, -0.1) is 0 Å². The molecule has 5 N–H and O–H groups in total. The Balaban J connectivity index is 2.22. The van der Waals surface area contributed by atoms with Gasteiger partial charge in [-0.05, 0) is 19.1 Å². The number of aromatic nitrogens is 1. The van der Waals surface area contributed by atoms with E-state index in [1.54, 1.807) is 18.2 Å². The number of nitrogens with one attached hydrogen (secondary N) is 1. The van der Waals surface area contributed by atoms with Crippen molar-refractivity contribution in [3.05, 3.63) is 36.0 Å². The van der Waals surface area contributed by atoms with Gasteiger partial charge >= 0.3 is 5.97 Å². The van der Waals surface area contributed by atoms with Gasteiger partial charge in [-0.3, -0.25) is 4.79 Å². The van der Waals surface area contributed by atoms with Crippen LogP contribution in [0, 0.1) is 0 Å². The molecule has 0 aliphatic heterocycles. The average Bonchev–Trinajstić information content (AvgIpc) is 2.44. The number of amides is 1. The summed E-state index contributed by atoms with van der Waals surface area (Å²) >= 11 is 0. The Hall–Kier alpha value is -2.67. The van der Waals surface area contributed by atoms with Crippen LogP contribution in [-0.4, -0.2) is 39.2 Å². The lowest BCUT2D eigenvalue weighted by molar-refractivity contribution is -0.155. The number of carboxylic acids is 1. The van der Waals surface area contributed by atoms with E-state index in [0.29, 0.717) is 11.2 Å². The lowest BCUT2D eigenvalue weighted by Crippen LogP contribution is -2.46. The summed E-state index contributed by atoms with van der Waals surface area (Å²) in [5.41, 5.74) is 4.84. The Bertz CT molecular complexity index is 712. The number of hydrogen-bond acceptors (Lipinski definition) is 5. The molecule has 1 aromatic carbocycles. The Morgan fingerprint density at radius 1 is 1.38 bits per heavy atom. The van der Waals surface area contributed by atoms with Crippen molar-refractivity contribution < 1.29 is 19.8 Å². The summed E-state index contributed by atoms with van der Waals surface area (Å²) in [7, 11) is 0. The topological polar surface area (TPSA) is 126 Å². The molecule has 0 saturated heterocycles. The molecule has 2 rings (SSSR count). The Labute approximate surface area is 120 Å². The molecule has 7 heteroatoms. The number of aliphatic hydroxyl groups is 1. The first-order chi connectivity index (χ1) is 9.81. The van der Waals surface area contributed by atoms with Gasteiger partial charge in [-0.1, -0.05) is 18.2 Å². The van der Waals surface area contributed by atoms with Crippen LogP contribution in [0.15, 0.2) is 30.3 Å². The van der Waals surface area contributed by atoms with Crippen LogP contribution in [-0.2, 0) is 4.79 Å². The number of fused-ring (bicyclic) bond motifs is 1. The number of hydrogen-bond donors (Lipinski definition) is 4. The highest BCUT2D eigenvalue weighted by Gasteiger charge is 2.30. The SMILES string of the molecule is CC(O)(CNC(=O)c1cc(N)c2ccccc2n1)C(=O)O. The van der Waals surface area contributed by atoms with Crippen molar-refractivity contribution in [2.24, 2.45) is 0 Å². The predicted octanol–water partition coefficient (Wildman–Crippen LogP) is 0.382. The number of carbonyl (C=O) groups is 2. The molecule has 7 nitrogen and oxygen atoms in total. The number of pyridine rings is 1. The number of aliphatic carboxylic acids is 1. The number of nitrogen functional groups attached to an aromatic ring is 1. The lowest BCUT2D eigenvalue weighted by Gasteiger charge is -2.18. The number of anilines is 1. The van der Waals surface area contributed by atoms with Crippen molar-refractivity contribution >= 4 is 28.5 Å². The molecule has 1 amide bonds. The summed E-state index contributed by atoms with van der Waals surface area (Å²) in [6, 6.07) is 8.49. The molecule has 0 fully saturated rings. The van der Waals surface area contributed by atoms with Gasteiger partial charge in [-0.25, -0.2) is 9.78 Å². The average molecular weight is 289 g/mol. The summed E-state index contributed by atoms with van der Waals surface area (Å²) in [5, 5.41) is 21.4. The van der Waals surface area contributed by atoms with E-state index in [0.717, 1.165) is 12.3 Å². The van der Waals surface area contributed by atoms with Crippen LogP contribution in [0.1, 0.15) is 17.4 Å². The molecule has 0 radical (unpaired) electrons. The largest absolute Gasteiger partial charge is 0.479 e. The first kappa shape index (κ1) is 14.7. The van der Waals surface area contributed by atoms with Crippen LogP contribution in [0.3, 0.4) is 0 Å². The van der Waals surface area contributed by atoms with E-state index < -0.39 is 24.0 Å². The maximum absolute atomic E-state index is 12.0. The standard InChI is InChI=1S/C14H15N3O4/c1-14(21,13(19)20)7-16-12(18)11-6-9(15)8-4-2-3-5-10(8)17-11/h2-6,21H,7H2,1H3,(H2,15,17)(H,16,18)(H,19,20). The highest BCUT2D eigenvalue weighted by atomic mass is 16.4. The first-order valence-corrected chi connectivity index (χ1v) is 6.20. The predicted molar refractivity (Wildman–Crippen MR) is 76.7 cm³/mol. The molecular formula is C14H15N3O4. The van der Waals surface area contributed by atoms with E-state index in [2.05, 4.69) is 10.3 Å². The summed E-state index contributed by atoms with van der Waals surface area (Å²) < 4.78 is 0. The highest BCUT2D eigenvalue weighted by Crippen LogP contribution is 2.20.